The van der Waals surface area contributed by atoms with Crippen LogP contribution >= 0.6 is 23.1 Å². The molecule has 0 radical (unpaired) electrons. The standard InChI is InChI=1S/C13H21N5S2/c1-3-9-8-10-11(15-6-4-5-7-19-2)16-13(18-14)17-12(10)20-9/h8H,3-7,14H2,1-2H3,(H2,15,16,17,18). The van der Waals surface area contributed by atoms with Crippen molar-refractivity contribution in [3.8, 4) is 0 Å². The van der Waals surface area contributed by atoms with Crippen molar-refractivity contribution in [3.05, 3.63) is 10.9 Å². The fourth-order valence-corrected chi connectivity index (χ4v) is 3.38. The van der Waals surface area contributed by atoms with Crippen molar-refractivity contribution < 1.29 is 0 Å². The van der Waals surface area contributed by atoms with E-state index in [4.69, 9.17) is 5.84 Å². The molecule has 5 nitrogen and oxygen atoms in total. The first-order valence-corrected chi connectivity index (χ1v) is 8.99. The Morgan fingerprint density at radius 2 is 2.20 bits per heavy atom. The van der Waals surface area contributed by atoms with E-state index in [0.717, 1.165) is 35.4 Å². The van der Waals surface area contributed by atoms with Gasteiger partial charge in [0.15, 0.2) is 0 Å². The number of fused-ring (bicyclic) bond motifs is 1. The Hall–Kier alpha value is -1.05. The topological polar surface area (TPSA) is 75.9 Å². The number of anilines is 2. The lowest BCUT2D eigenvalue weighted by atomic mass is 10.3. The maximum atomic E-state index is 5.44. The molecule has 0 saturated carbocycles. The van der Waals surface area contributed by atoms with Crippen LogP contribution in [0.15, 0.2) is 6.07 Å². The molecule has 2 aromatic rings. The zero-order chi connectivity index (χ0) is 14.4. The smallest absolute Gasteiger partial charge is 0.240 e. The van der Waals surface area contributed by atoms with E-state index >= 15 is 0 Å². The molecule has 7 heteroatoms. The summed E-state index contributed by atoms with van der Waals surface area (Å²) in [5.74, 6) is 7.99. The summed E-state index contributed by atoms with van der Waals surface area (Å²) in [6.45, 7) is 3.07. The normalized spacial score (nSPS) is 10.9. The van der Waals surface area contributed by atoms with Gasteiger partial charge in [-0.15, -0.1) is 11.3 Å². The van der Waals surface area contributed by atoms with Crippen molar-refractivity contribution in [2.24, 2.45) is 5.84 Å². The number of nitrogens with two attached hydrogens (primary N) is 1. The fraction of sp³-hybridized carbons (Fsp3) is 0.538. The van der Waals surface area contributed by atoms with Crippen LogP contribution in [0.1, 0.15) is 24.6 Å². The molecule has 0 aliphatic rings. The zero-order valence-corrected chi connectivity index (χ0v) is 13.5. The summed E-state index contributed by atoms with van der Waals surface area (Å²) in [5.41, 5.74) is 2.54. The maximum absolute atomic E-state index is 5.44. The van der Waals surface area contributed by atoms with E-state index in [1.807, 2.05) is 11.8 Å². The van der Waals surface area contributed by atoms with E-state index in [-0.39, 0.29) is 0 Å². The van der Waals surface area contributed by atoms with Gasteiger partial charge in [-0.2, -0.15) is 16.7 Å². The molecule has 0 aromatic carbocycles. The third kappa shape index (κ3) is 3.74. The van der Waals surface area contributed by atoms with Crippen LogP contribution in [0, 0.1) is 0 Å². The number of aryl methyl sites for hydroxylation is 1. The largest absolute Gasteiger partial charge is 0.369 e. The summed E-state index contributed by atoms with van der Waals surface area (Å²) in [6.07, 6.45) is 5.51. The molecule has 110 valence electrons. The molecule has 0 bridgehead atoms. The molecule has 20 heavy (non-hydrogen) atoms. The monoisotopic (exact) mass is 311 g/mol. The van der Waals surface area contributed by atoms with E-state index in [2.05, 4.69) is 40.0 Å². The molecule has 0 amide bonds. The minimum Gasteiger partial charge on any atom is -0.369 e. The number of nitrogens with zero attached hydrogens (tertiary/aromatic N) is 2. The van der Waals surface area contributed by atoms with Crippen molar-refractivity contribution in [3.63, 3.8) is 0 Å². The highest BCUT2D eigenvalue weighted by atomic mass is 32.2. The number of hydrogen-bond donors (Lipinski definition) is 3. The minimum atomic E-state index is 0.466. The number of unbranched alkanes of at least 4 members (excludes halogenated alkanes) is 1. The number of thioether (sulfide) groups is 1. The SMILES string of the molecule is CCc1cc2c(NCCCCSC)nc(NN)nc2s1. The van der Waals surface area contributed by atoms with Crippen LogP contribution < -0.4 is 16.6 Å². The molecule has 0 spiro atoms. The van der Waals surface area contributed by atoms with E-state index in [0.29, 0.717) is 5.95 Å². The van der Waals surface area contributed by atoms with Crippen molar-refractivity contribution >= 4 is 45.1 Å². The third-order valence-corrected chi connectivity index (χ3v) is 4.86. The first kappa shape index (κ1) is 15.3. The summed E-state index contributed by atoms with van der Waals surface area (Å²) in [4.78, 5) is 11.1. The van der Waals surface area contributed by atoms with Gasteiger partial charge in [0.1, 0.15) is 10.6 Å². The van der Waals surface area contributed by atoms with Crippen molar-refractivity contribution in [2.45, 2.75) is 26.2 Å². The van der Waals surface area contributed by atoms with Crippen LogP contribution in [0.5, 0.6) is 0 Å². The molecule has 0 aliphatic carbocycles. The number of hydrogen-bond acceptors (Lipinski definition) is 7. The number of hydrazine groups is 1. The second kappa shape index (κ2) is 7.66. The van der Waals surface area contributed by atoms with Gasteiger partial charge in [-0.25, -0.2) is 10.8 Å². The van der Waals surface area contributed by atoms with Gasteiger partial charge in [0.2, 0.25) is 5.95 Å². The van der Waals surface area contributed by atoms with Gasteiger partial charge in [0, 0.05) is 11.4 Å². The van der Waals surface area contributed by atoms with Gasteiger partial charge in [-0.3, -0.25) is 5.43 Å². The number of thiophene rings is 1. The van der Waals surface area contributed by atoms with E-state index < -0.39 is 0 Å². The van der Waals surface area contributed by atoms with Crippen LogP contribution in [-0.4, -0.2) is 28.5 Å². The lowest BCUT2D eigenvalue weighted by Gasteiger charge is -2.08. The zero-order valence-electron chi connectivity index (χ0n) is 11.9. The Bertz CT molecular complexity index is 555. The average Bonchev–Trinajstić information content (AvgIpc) is 2.89. The summed E-state index contributed by atoms with van der Waals surface area (Å²) >= 11 is 3.58. The number of aromatic nitrogens is 2. The first-order chi connectivity index (χ1) is 9.78. The molecule has 4 N–H and O–H groups in total. The molecule has 0 unspecified atom stereocenters. The van der Waals surface area contributed by atoms with Gasteiger partial charge in [-0.1, -0.05) is 6.92 Å². The summed E-state index contributed by atoms with van der Waals surface area (Å²) < 4.78 is 0. The molecule has 0 fully saturated rings. The maximum Gasteiger partial charge on any atom is 0.240 e. The van der Waals surface area contributed by atoms with Gasteiger partial charge in [0.05, 0.1) is 5.39 Å². The molecule has 2 aromatic heterocycles. The third-order valence-electron chi connectivity index (χ3n) is 2.99. The lowest BCUT2D eigenvalue weighted by Crippen LogP contribution is -2.12. The Morgan fingerprint density at radius 3 is 2.90 bits per heavy atom. The fourth-order valence-electron chi connectivity index (χ4n) is 1.92. The first-order valence-electron chi connectivity index (χ1n) is 6.78. The Kier molecular flexibility index (Phi) is 5.87. The molecular formula is C13H21N5S2. The van der Waals surface area contributed by atoms with Crippen LogP contribution in [0.4, 0.5) is 11.8 Å². The molecule has 2 rings (SSSR count). The summed E-state index contributed by atoms with van der Waals surface area (Å²) in [6, 6.07) is 2.17. The van der Waals surface area contributed by atoms with Crippen LogP contribution in [0.2, 0.25) is 0 Å². The molecule has 0 aliphatic heterocycles. The van der Waals surface area contributed by atoms with E-state index in [1.54, 1.807) is 11.3 Å². The predicted octanol–water partition coefficient (Wildman–Crippen LogP) is 3.09. The lowest BCUT2D eigenvalue weighted by molar-refractivity contribution is 0.840. The van der Waals surface area contributed by atoms with Crippen molar-refractivity contribution in [1.29, 1.82) is 0 Å². The highest BCUT2D eigenvalue weighted by Crippen LogP contribution is 2.30. The van der Waals surface area contributed by atoms with E-state index in [9.17, 15) is 0 Å². The minimum absolute atomic E-state index is 0.466. The molecular weight excluding hydrogens is 290 g/mol. The van der Waals surface area contributed by atoms with Crippen LogP contribution in [0.3, 0.4) is 0 Å². The van der Waals surface area contributed by atoms with Gasteiger partial charge in [-0.05, 0) is 37.3 Å². The second-order valence-corrected chi connectivity index (χ2v) is 6.55. The van der Waals surface area contributed by atoms with Crippen LogP contribution in [-0.2, 0) is 6.42 Å². The summed E-state index contributed by atoms with van der Waals surface area (Å²) in [5, 5.41) is 4.50. The van der Waals surface area contributed by atoms with E-state index in [1.165, 1.54) is 17.1 Å². The van der Waals surface area contributed by atoms with Gasteiger partial charge in [0.25, 0.3) is 0 Å². The van der Waals surface area contributed by atoms with Crippen LogP contribution in [0.25, 0.3) is 10.2 Å². The van der Waals surface area contributed by atoms with Gasteiger partial charge < -0.3 is 5.32 Å². The molecule has 0 saturated heterocycles. The Balaban J connectivity index is 2.14. The average molecular weight is 311 g/mol. The highest BCUT2D eigenvalue weighted by Gasteiger charge is 2.10. The summed E-state index contributed by atoms with van der Waals surface area (Å²) in [7, 11) is 0. The Labute approximate surface area is 127 Å². The second-order valence-electron chi connectivity index (χ2n) is 4.45. The Morgan fingerprint density at radius 1 is 1.35 bits per heavy atom. The number of rotatable bonds is 8. The quantitative estimate of drug-likeness (QED) is 0.395. The van der Waals surface area contributed by atoms with Crippen molar-refractivity contribution in [2.75, 3.05) is 29.3 Å². The number of nitrogen functional groups attached to an aromatic ring is 1. The number of nitrogens with one attached hydrogen (secondary N) is 2. The predicted molar refractivity (Wildman–Crippen MR) is 90.7 cm³/mol. The van der Waals surface area contributed by atoms with Gasteiger partial charge >= 0.3 is 0 Å². The molecule has 2 heterocycles. The van der Waals surface area contributed by atoms with Crippen molar-refractivity contribution in [1.82, 2.24) is 9.97 Å². The highest BCUT2D eigenvalue weighted by molar-refractivity contribution is 7.98. The molecule has 0 atom stereocenters.